The van der Waals surface area contributed by atoms with Crippen LogP contribution in [-0.2, 0) is 12.8 Å². The van der Waals surface area contributed by atoms with Crippen molar-refractivity contribution < 1.29 is 4.39 Å². The van der Waals surface area contributed by atoms with Crippen LogP contribution in [0.25, 0.3) is 0 Å². The summed E-state index contributed by atoms with van der Waals surface area (Å²) in [5, 5.41) is 0.217. The lowest BCUT2D eigenvalue weighted by Crippen LogP contribution is -2.19. The Morgan fingerprint density at radius 1 is 1.10 bits per heavy atom. The molecule has 0 aliphatic heterocycles. The Kier molecular flexibility index (Phi) is 5.16. The summed E-state index contributed by atoms with van der Waals surface area (Å²) in [5.41, 5.74) is 9.17. The fourth-order valence-electron chi connectivity index (χ4n) is 2.31. The molecule has 20 heavy (non-hydrogen) atoms. The van der Waals surface area contributed by atoms with Crippen molar-refractivity contribution in [2.75, 3.05) is 6.54 Å². The topological polar surface area (TPSA) is 26.0 Å². The first-order valence-corrected chi connectivity index (χ1v) is 7.16. The average molecular weight is 292 g/mol. The van der Waals surface area contributed by atoms with Crippen LogP contribution in [0, 0.1) is 18.7 Å². The van der Waals surface area contributed by atoms with Crippen molar-refractivity contribution in [2.45, 2.75) is 19.8 Å². The minimum Gasteiger partial charge on any atom is -0.330 e. The maximum Gasteiger partial charge on any atom is 0.142 e. The highest BCUT2D eigenvalue weighted by Gasteiger charge is 2.13. The van der Waals surface area contributed by atoms with Crippen molar-refractivity contribution in [3.05, 3.63) is 70.0 Å². The lowest BCUT2D eigenvalue weighted by atomic mass is 9.92. The molecule has 106 valence electrons. The van der Waals surface area contributed by atoms with E-state index in [2.05, 4.69) is 31.2 Å². The van der Waals surface area contributed by atoms with Gasteiger partial charge in [0.2, 0.25) is 0 Å². The molecule has 1 nitrogen and oxygen atoms in total. The van der Waals surface area contributed by atoms with E-state index in [9.17, 15) is 4.39 Å². The average Bonchev–Trinajstić information content (AvgIpc) is 2.45. The van der Waals surface area contributed by atoms with E-state index in [0.717, 1.165) is 12.0 Å². The summed E-state index contributed by atoms with van der Waals surface area (Å²) in [6, 6.07) is 13.4. The largest absolute Gasteiger partial charge is 0.330 e. The van der Waals surface area contributed by atoms with Gasteiger partial charge in [0, 0.05) is 0 Å². The predicted octanol–water partition coefficient (Wildman–Crippen LogP) is 4.15. The molecule has 2 rings (SSSR count). The molecule has 2 aromatic rings. The fraction of sp³-hybridized carbons (Fsp3) is 0.294. The summed E-state index contributed by atoms with van der Waals surface area (Å²) >= 11 is 6.00. The SMILES string of the molecule is Cc1ccc(CC(CN)Cc2cccc(F)c2Cl)cc1. The molecule has 3 heteroatoms. The number of hydrogen-bond acceptors (Lipinski definition) is 1. The van der Waals surface area contributed by atoms with Gasteiger partial charge in [-0.05, 0) is 49.4 Å². The predicted molar refractivity (Wildman–Crippen MR) is 82.5 cm³/mol. The first-order valence-electron chi connectivity index (χ1n) is 6.78. The maximum atomic E-state index is 13.4. The number of hydrogen-bond donors (Lipinski definition) is 1. The van der Waals surface area contributed by atoms with Crippen LogP contribution < -0.4 is 5.73 Å². The molecule has 2 N–H and O–H groups in total. The molecular weight excluding hydrogens is 273 g/mol. The second kappa shape index (κ2) is 6.87. The van der Waals surface area contributed by atoms with Crippen molar-refractivity contribution >= 4 is 11.6 Å². The van der Waals surface area contributed by atoms with Gasteiger partial charge in [-0.3, -0.25) is 0 Å². The lowest BCUT2D eigenvalue weighted by molar-refractivity contribution is 0.530. The highest BCUT2D eigenvalue weighted by molar-refractivity contribution is 6.31. The van der Waals surface area contributed by atoms with E-state index in [0.29, 0.717) is 13.0 Å². The minimum atomic E-state index is -0.365. The first kappa shape index (κ1) is 15.0. The summed E-state index contributed by atoms with van der Waals surface area (Å²) < 4.78 is 13.4. The third-order valence-corrected chi connectivity index (χ3v) is 3.94. The van der Waals surface area contributed by atoms with Crippen LogP contribution in [0.2, 0.25) is 5.02 Å². The fourth-order valence-corrected chi connectivity index (χ4v) is 2.52. The minimum absolute atomic E-state index is 0.217. The van der Waals surface area contributed by atoms with Gasteiger partial charge in [0.1, 0.15) is 5.82 Å². The number of nitrogens with two attached hydrogens (primary N) is 1. The van der Waals surface area contributed by atoms with Crippen LogP contribution in [0.4, 0.5) is 4.39 Å². The van der Waals surface area contributed by atoms with Crippen molar-refractivity contribution in [1.82, 2.24) is 0 Å². The molecule has 0 fully saturated rings. The maximum absolute atomic E-state index is 13.4. The summed E-state index contributed by atoms with van der Waals surface area (Å²) in [7, 11) is 0. The zero-order chi connectivity index (χ0) is 14.5. The molecule has 2 aromatic carbocycles. The van der Waals surface area contributed by atoms with Gasteiger partial charge in [0.15, 0.2) is 0 Å². The Morgan fingerprint density at radius 2 is 1.80 bits per heavy atom. The summed E-state index contributed by atoms with van der Waals surface area (Å²) in [6.45, 7) is 2.62. The highest BCUT2D eigenvalue weighted by Crippen LogP contribution is 2.23. The molecule has 0 amide bonds. The molecule has 1 atom stereocenters. The quantitative estimate of drug-likeness (QED) is 0.880. The van der Waals surface area contributed by atoms with Gasteiger partial charge in [-0.1, -0.05) is 53.6 Å². The van der Waals surface area contributed by atoms with Crippen LogP contribution in [0.5, 0.6) is 0 Å². The first-order chi connectivity index (χ1) is 9.60. The van der Waals surface area contributed by atoms with Crippen LogP contribution in [0.3, 0.4) is 0 Å². The van der Waals surface area contributed by atoms with E-state index in [1.807, 2.05) is 6.07 Å². The van der Waals surface area contributed by atoms with E-state index in [4.69, 9.17) is 17.3 Å². The number of aryl methyl sites for hydroxylation is 1. The Bertz CT molecular complexity index is 566. The zero-order valence-corrected chi connectivity index (χ0v) is 12.3. The van der Waals surface area contributed by atoms with Gasteiger partial charge in [-0.25, -0.2) is 4.39 Å². The smallest absolute Gasteiger partial charge is 0.142 e. The Balaban J connectivity index is 2.09. The Morgan fingerprint density at radius 3 is 2.45 bits per heavy atom. The van der Waals surface area contributed by atoms with Gasteiger partial charge in [-0.2, -0.15) is 0 Å². The highest BCUT2D eigenvalue weighted by atomic mass is 35.5. The van der Waals surface area contributed by atoms with Crippen LogP contribution in [0.1, 0.15) is 16.7 Å². The van der Waals surface area contributed by atoms with Gasteiger partial charge < -0.3 is 5.73 Å². The molecule has 1 unspecified atom stereocenters. The van der Waals surface area contributed by atoms with Crippen LogP contribution in [-0.4, -0.2) is 6.54 Å². The van der Waals surface area contributed by atoms with Gasteiger partial charge >= 0.3 is 0 Å². The standard InChI is InChI=1S/C17H19ClFN/c1-12-5-7-13(8-6-12)9-14(11-20)10-15-3-2-4-16(19)17(15)18/h2-8,14H,9-11,20H2,1H3. The van der Waals surface area contributed by atoms with Crippen molar-refractivity contribution in [2.24, 2.45) is 11.7 Å². The molecule has 0 aromatic heterocycles. The lowest BCUT2D eigenvalue weighted by Gasteiger charge is -2.16. The molecule has 0 radical (unpaired) electrons. The second-order valence-electron chi connectivity index (χ2n) is 5.21. The third-order valence-electron chi connectivity index (χ3n) is 3.52. The normalized spacial score (nSPS) is 12.4. The third kappa shape index (κ3) is 3.81. The van der Waals surface area contributed by atoms with Gasteiger partial charge in [0.05, 0.1) is 5.02 Å². The molecule has 0 saturated heterocycles. The molecule has 0 spiro atoms. The van der Waals surface area contributed by atoms with Crippen molar-refractivity contribution in [3.8, 4) is 0 Å². The summed E-state index contributed by atoms with van der Waals surface area (Å²) in [5.74, 6) is -0.104. The van der Waals surface area contributed by atoms with E-state index in [-0.39, 0.29) is 16.8 Å². The van der Waals surface area contributed by atoms with Crippen molar-refractivity contribution in [3.63, 3.8) is 0 Å². The van der Waals surface area contributed by atoms with E-state index in [1.54, 1.807) is 6.07 Å². The molecule has 0 saturated carbocycles. The molecule has 0 aliphatic rings. The molecule has 0 aliphatic carbocycles. The molecular formula is C17H19ClFN. The Hall–Kier alpha value is -1.38. The summed E-state index contributed by atoms with van der Waals surface area (Å²) in [6.07, 6.45) is 1.57. The Labute approximate surface area is 124 Å². The van der Waals surface area contributed by atoms with Crippen LogP contribution >= 0.6 is 11.6 Å². The number of benzene rings is 2. The van der Waals surface area contributed by atoms with Crippen molar-refractivity contribution in [1.29, 1.82) is 0 Å². The monoisotopic (exact) mass is 291 g/mol. The zero-order valence-electron chi connectivity index (χ0n) is 11.6. The number of rotatable bonds is 5. The van der Waals surface area contributed by atoms with Crippen LogP contribution in [0.15, 0.2) is 42.5 Å². The molecule has 0 bridgehead atoms. The van der Waals surface area contributed by atoms with E-state index >= 15 is 0 Å². The van der Waals surface area contributed by atoms with E-state index < -0.39 is 0 Å². The summed E-state index contributed by atoms with van der Waals surface area (Å²) in [4.78, 5) is 0. The number of halogens is 2. The van der Waals surface area contributed by atoms with Gasteiger partial charge in [-0.15, -0.1) is 0 Å². The van der Waals surface area contributed by atoms with Gasteiger partial charge in [0.25, 0.3) is 0 Å². The van der Waals surface area contributed by atoms with E-state index in [1.165, 1.54) is 17.2 Å². The second-order valence-corrected chi connectivity index (χ2v) is 5.59. The molecule has 0 heterocycles.